The Labute approximate surface area is 152 Å². The van der Waals surface area contributed by atoms with Gasteiger partial charge in [0.05, 0.1) is 13.2 Å². The number of hydrogen-bond donors (Lipinski definition) is 1. The average molecular weight is 357 g/mol. The van der Waals surface area contributed by atoms with Gasteiger partial charge in [-0.15, -0.1) is 0 Å². The zero-order valence-electron chi connectivity index (χ0n) is 15.0. The number of hydrogen-bond acceptors (Lipinski definition) is 5. The summed E-state index contributed by atoms with van der Waals surface area (Å²) in [6, 6.07) is 8.48. The Hall–Kier alpha value is -2.83. The van der Waals surface area contributed by atoms with Crippen LogP contribution in [0.4, 0.5) is 0 Å². The highest BCUT2D eigenvalue weighted by atomic mass is 16.5. The third kappa shape index (κ3) is 3.87. The number of para-hydroxylation sites is 2. The number of aryl methyl sites for hydroxylation is 1. The van der Waals surface area contributed by atoms with Crippen LogP contribution in [0.25, 0.3) is 0 Å². The summed E-state index contributed by atoms with van der Waals surface area (Å²) in [5.41, 5.74) is 0.546. The van der Waals surface area contributed by atoms with Gasteiger partial charge in [0, 0.05) is 18.3 Å². The standard InChI is InChI=1S/C19H23N3O4/c1-3-13-11-17(23)21-19(20-13)14-7-6-10-22(14)18(24)12-26-16-9-5-4-8-15(16)25-2/h4-5,8-9,11,14H,3,6-7,10,12H2,1-2H3,(H,20,21,23)/t14-/m1/s1. The molecule has 2 aromatic rings. The highest BCUT2D eigenvalue weighted by molar-refractivity contribution is 5.78. The van der Waals surface area contributed by atoms with Crippen molar-refractivity contribution in [1.29, 1.82) is 0 Å². The second-order valence-electron chi connectivity index (χ2n) is 6.16. The van der Waals surface area contributed by atoms with Gasteiger partial charge in [0.1, 0.15) is 5.82 Å². The Morgan fingerprint density at radius 3 is 2.85 bits per heavy atom. The maximum Gasteiger partial charge on any atom is 0.261 e. The fraction of sp³-hybridized carbons (Fsp3) is 0.421. The smallest absolute Gasteiger partial charge is 0.261 e. The van der Waals surface area contributed by atoms with Crippen LogP contribution in [-0.2, 0) is 11.2 Å². The molecule has 138 valence electrons. The molecule has 0 spiro atoms. The summed E-state index contributed by atoms with van der Waals surface area (Å²) in [5, 5.41) is 0. The van der Waals surface area contributed by atoms with Gasteiger partial charge in [-0.3, -0.25) is 9.59 Å². The quantitative estimate of drug-likeness (QED) is 0.856. The van der Waals surface area contributed by atoms with Crippen molar-refractivity contribution in [2.45, 2.75) is 32.2 Å². The second kappa shape index (κ2) is 8.03. The number of rotatable bonds is 6. The Kier molecular flexibility index (Phi) is 5.55. The van der Waals surface area contributed by atoms with Gasteiger partial charge in [-0.2, -0.15) is 0 Å². The lowest BCUT2D eigenvalue weighted by atomic mass is 10.2. The molecule has 1 aromatic carbocycles. The van der Waals surface area contributed by atoms with Crippen LogP contribution in [0, 0.1) is 0 Å². The number of carbonyl (C=O) groups excluding carboxylic acids is 1. The molecular weight excluding hydrogens is 334 g/mol. The minimum absolute atomic E-state index is 0.0887. The van der Waals surface area contributed by atoms with E-state index in [0.717, 1.165) is 18.5 Å². The number of benzene rings is 1. The van der Waals surface area contributed by atoms with Gasteiger partial charge in [0.15, 0.2) is 18.1 Å². The number of likely N-dealkylation sites (tertiary alicyclic amines) is 1. The largest absolute Gasteiger partial charge is 0.493 e. The van der Waals surface area contributed by atoms with Gasteiger partial charge in [0.2, 0.25) is 0 Å². The predicted molar refractivity (Wildman–Crippen MR) is 96.4 cm³/mol. The van der Waals surface area contributed by atoms with Crippen molar-refractivity contribution in [2.75, 3.05) is 20.3 Å². The van der Waals surface area contributed by atoms with E-state index in [-0.39, 0.29) is 24.1 Å². The third-order valence-electron chi connectivity index (χ3n) is 4.48. The number of amides is 1. The van der Waals surface area contributed by atoms with Crippen LogP contribution in [0.5, 0.6) is 11.5 Å². The van der Waals surface area contributed by atoms with E-state index in [1.54, 1.807) is 24.1 Å². The zero-order chi connectivity index (χ0) is 18.5. The summed E-state index contributed by atoms with van der Waals surface area (Å²) in [6.45, 7) is 2.48. The molecule has 1 atom stereocenters. The van der Waals surface area contributed by atoms with Gasteiger partial charge in [-0.1, -0.05) is 19.1 Å². The van der Waals surface area contributed by atoms with Crippen LogP contribution in [-0.4, -0.2) is 41.0 Å². The van der Waals surface area contributed by atoms with Crippen molar-refractivity contribution in [3.8, 4) is 11.5 Å². The lowest BCUT2D eigenvalue weighted by molar-refractivity contribution is -0.134. The molecule has 26 heavy (non-hydrogen) atoms. The van der Waals surface area contributed by atoms with Crippen LogP contribution < -0.4 is 15.0 Å². The van der Waals surface area contributed by atoms with Crippen molar-refractivity contribution in [3.05, 3.63) is 52.2 Å². The van der Waals surface area contributed by atoms with E-state index in [1.165, 1.54) is 6.07 Å². The van der Waals surface area contributed by atoms with Crippen LogP contribution in [0.2, 0.25) is 0 Å². The Morgan fingerprint density at radius 1 is 1.35 bits per heavy atom. The summed E-state index contributed by atoms with van der Waals surface area (Å²) in [5.74, 6) is 1.53. The summed E-state index contributed by atoms with van der Waals surface area (Å²) < 4.78 is 10.9. The van der Waals surface area contributed by atoms with Crippen molar-refractivity contribution in [3.63, 3.8) is 0 Å². The SMILES string of the molecule is CCc1cc(=O)[nH]c([C@H]2CCCN2C(=O)COc2ccccc2OC)n1. The number of aromatic nitrogens is 2. The molecule has 0 unspecified atom stereocenters. The lowest BCUT2D eigenvalue weighted by Gasteiger charge is -2.24. The molecule has 0 bridgehead atoms. The second-order valence-corrected chi connectivity index (χ2v) is 6.16. The molecule has 2 heterocycles. The average Bonchev–Trinajstić information content (AvgIpc) is 3.15. The first-order valence-electron chi connectivity index (χ1n) is 8.77. The van der Waals surface area contributed by atoms with Crippen molar-refractivity contribution < 1.29 is 14.3 Å². The van der Waals surface area contributed by atoms with Crippen LogP contribution in [0.15, 0.2) is 35.1 Å². The molecular formula is C19H23N3O4. The predicted octanol–water partition coefficient (Wildman–Crippen LogP) is 2.08. The van der Waals surface area contributed by atoms with Gasteiger partial charge in [-0.25, -0.2) is 4.98 Å². The molecule has 1 saturated heterocycles. The molecule has 1 N–H and O–H groups in total. The fourth-order valence-corrected chi connectivity index (χ4v) is 3.18. The molecule has 1 amide bonds. The summed E-state index contributed by atoms with van der Waals surface area (Å²) >= 11 is 0. The van der Waals surface area contributed by atoms with Crippen molar-refractivity contribution >= 4 is 5.91 Å². The molecule has 0 saturated carbocycles. The lowest BCUT2D eigenvalue weighted by Crippen LogP contribution is -2.36. The van der Waals surface area contributed by atoms with E-state index in [9.17, 15) is 9.59 Å². The molecule has 1 aliphatic heterocycles. The number of carbonyl (C=O) groups is 1. The highest BCUT2D eigenvalue weighted by Crippen LogP contribution is 2.30. The number of nitrogens with zero attached hydrogens (tertiary/aromatic N) is 2. The summed E-state index contributed by atoms with van der Waals surface area (Å²) in [6.07, 6.45) is 2.32. The number of ether oxygens (including phenoxy) is 2. The topological polar surface area (TPSA) is 84.5 Å². The Balaban J connectivity index is 1.72. The number of aromatic amines is 1. The summed E-state index contributed by atoms with van der Waals surface area (Å²) in [4.78, 5) is 33.5. The molecule has 3 rings (SSSR count). The Bertz CT molecular complexity index is 834. The van der Waals surface area contributed by atoms with Crippen molar-refractivity contribution in [2.24, 2.45) is 0 Å². The molecule has 7 nitrogen and oxygen atoms in total. The first-order valence-corrected chi connectivity index (χ1v) is 8.77. The van der Waals surface area contributed by atoms with Gasteiger partial charge in [-0.05, 0) is 31.4 Å². The molecule has 7 heteroatoms. The van der Waals surface area contributed by atoms with Crippen LogP contribution in [0.3, 0.4) is 0 Å². The van der Waals surface area contributed by atoms with E-state index >= 15 is 0 Å². The third-order valence-corrected chi connectivity index (χ3v) is 4.48. The summed E-state index contributed by atoms with van der Waals surface area (Å²) in [7, 11) is 1.56. The normalized spacial score (nSPS) is 16.5. The highest BCUT2D eigenvalue weighted by Gasteiger charge is 2.32. The molecule has 1 aliphatic rings. The van der Waals surface area contributed by atoms with E-state index in [0.29, 0.717) is 30.3 Å². The minimum atomic E-state index is -0.219. The Morgan fingerprint density at radius 2 is 2.12 bits per heavy atom. The van der Waals surface area contributed by atoms with Gasteiger partial charge < -0.3 is 19.4 Å². The fourth-order valence-electron chi connectivity index (χ4n) is 3.18. The molecule has 1 aromatic heterocycles. The number of H-pyrrole nitrogens is 1. The number of methoxy groups -OCH3 is 1. The first-order chi connectivity index (χ1) is 12.6. The van der Waals surface area contributed by atoms with Crippen LogP contribution in [0.1, 0.15) is 37.3 Å². The molecule has 0 radical (unpaired) electrons. The monoisotopic (exact) mass is 357 g/mol. The van der Waals surface area contributed by atoms with Gasteiger partial charge >= 0.3 is 0 Å². The van der Waals surface area contributed by atoms with E-state index in [1.807, 2.05) is 19.1 Å². The number of nitrogens with one attached hydrogen (secondary N) is 1. The van der Waals surface area contributed by atoms with Crippen LogP contribution >= 0.6 is 0 Å². The first kappa shape index (κ1) is 18.0. The van der Waals surface area contributed by atoms with Crippen molar-refractivity contribution in [1.82, 2.24) is 14.9 Å². The van der Waals surface area contributed by atoms with Gasteiger partial charge in [0.25, 0.3) is 11.5 Å². The zero-order valence-corrected chi connectivity index (χ0v) is 15.0. The van der Waals surface area contributed by atoms with E-state index < -0.39 is 0 Å². The maximum absolute atomic E-state index is 12.7. The molecule has 1 fully saturated rings. The van der Waals surface area contributed by atoms with E-state index in [4.69, 9.17) is 9.47 Å². The molecule has 0 aliphatic carbocycles. The minimum Gasteiger partial charge on any atom is -0.493 e. The van der Waals surface area contributed by atoms with E-state index in [2.05, 4.69) is 9.97 Å². The maximum atomic E-state index is 12.7.